The molecule has 1 aromatic heterocycles. The topological polar surface area (TPSA) is 51.7 Å². The van der Waals surface area contributed by atoms with Crippen molar-refractivity contribution in [2.45, 2.75) is 25.8 Å². The van der Waals surface area contributed by atoms with Gasteiger partial charge in [0.25, 0.3) is 0 Å². The number of hydrogen-bond acceptors (Lipinski definition) is 4. The molecule has 29 heavy (non-hydrogen) atoms. The SMILES string of the molecule is CCN(Cc1ccncc1)C(=O)C[C@@H](c1ccccc1)c1ccc2c(c1)OCO2. The first-order valence-electron chi connectivity index (χ1n) is 9.85. The van der Waals surface area contributed by atoms with Gasteiger partial charge < -0.3 is 14.4 Å². The van der Waals surface area contributed by atoms with E-state index in [4.69, 9.17) is 9.47 Å². The lowest BCUT2D eigenvalue weighted by Gasteiger charge is -2.25. The molecule has 0 bridgehead atoms. The summed E-state index contributed by atoms with van der Waals surface area (Å²) in [5.41, 5.74) is 3.24. The third-order valence-electron chi connectivity index (χ3n) is 5.24. The summed E-state index contributed by atoms with van der Waals surface area (Å²) in [6.45, 7) is 3.49. The Labute approximate surface area is 170 Å². The number of carbonyl (C=O) groups excluding carboxylic acids is 1. The lowest BCUT2D eigenvalue weighted by atomic mass is 9.88. The molecule has 0 saturated carbocycles. The molecule has 0 unspecified atom stereocenters. The van der Waals surface area contributed by atoms with Crippen molar-refractivity contribution in [2.75, 3.05) is 13.3 Å². The maximum absolute atomic E-state index is 13.2. The summed E-state index contributed by atoms with van der Waals surface area (Å²) in [6.07, 6.45) is 3.91. The van der Waals surface area contributed by atoms with Gasteiger partial charge in [0.05, 0.1) is 0 Å². The molecule has 5 heteroatoms. The van der Waals surface area contributed by atoms with Crippen LogP contribution in [0.4, 0.5) is 0 Å². The van der Waals surface area contributed by atoms with Gasteiger partial charge in [-0.05, 0) is 47.9 Å². The third-order valence-corrected chi connectivity index (χ3v) is 5.24. The highest BCUT2D eigenvalue weighted by atomic mass is 16.7. The fraction of sp³-hybridized carbons (Fsp3) is 0.250. The molecule has 148 valence electrons. The van der Waals surface area contributed by atoms with Crippen LogP contribution in [0, 0.1) is 0 Å². The molecule has 0 radical (unpaired) electrons. The van der Waals surface area contributed by atoms with Crippen molar-refractivity contribution in [3.8, 4) is 11.5 Å². The van der Waals surface area contributed by atoms with Crippen molar-refractivity contribution < 1.29 is 14.3 Å². The van der Waals surface area contributed by atoms with Crippen molar-refractivity contribution in [1.82, 2.24) is 9.88 Å². The van der Waals surface area contributed by atoms with E-state index in [1.807, 2.05) is 60.4 Å². The number of hydrogen-bond donors (Lipinski definition) is 0. The Kier molecular flexibility index (Phi) is 5.75. The highest BCUT2D eigenvalue weighted by Crippen LogP contribution is 2.37. The van der Waals surface area contributed by atoms with Crippen LogP contribution in [-0.4, -0.2) is 29.1 Å². The van der Waals surface area contributed by atoms with E-state index >= 15 is 0 Å². The molecule has 1 atom stereocenters. The molecule has 5 nitrogen and oxygen atoms in total. The van der Waals surface area contributed by atoms with Gasteiger partial charge in [-0.25, -0.2) is 0 Å². The van der Waals surface area contributed by atoms with Gasteiger partial charge in [0, 0.05) is 37.8 Å². The van der Waals surface area contributed by atoms with E-state index in [0.29, 0.717) is 19.5 Å². The fourth-order valence-electron chi connectivity index (χ4n) is 3.63. The summed E-state index contributed by atoms with van der Waals surface area (Å²) in [7, 11) is 0. The zero-order valence-electron chi connectivity index (χ0n) is 16.5. The number of benzene rings is 2. The van der Waals surface area contributed by atoms with Gasteiger partial charge in [0.15, 0.2) is 11.5 Å². The van der Waals surface area contributed by atoms with Gasteiger partial charge in [-0.2, -0.15) is 0 Å². The molecule has 1 aliphatic heterocycles. The zero-order valence-corrected chi connectivity index (χ0v) is 16.5. The number of amides is 1. The Morgan fingerprint density at radius 1 is 1.00 bits per heavy atom. The number of nitrogens with zero attached hydrogens (tertiary/aromatic N) is 2. The Bertz CT molecular complexity index is 960. The molecule has 0 saturated heterocycles. The highest BCUT2D eigenvalue weighted by molar-refractivity contribution is 5.78. The molecular weight excluding hydrogens is 364 g/mol. The van der Waals surface area contributed by atoms with Crippen LogP contribution in [0.15, 0.2) is 73.1 Å². The van der Waals surface area contributed by atoms with Crippen LogP contribution in [0.5, 0.6) is 11.5 Å². The van der Waals surface area contributed by atoms with Crippen LogP contribution in [0.3, 0.4) is 0 Å². The molecule has 0 fully saturated rings. The number of carbonyl (C=O) groups is 1. The van der Waals surface area contributed by atoms with E-state index in [0.717, 1.165) is 28.2 Å². The second-order valence-corrected chi connectivity index (χ2v) is 7.04. The summed E-state index contributed by atoms with van der Waals surface area (Å²) in [4.78, 5) is 19.2. The van der Waals surface area contributed by atoms with Crippen molar-refractivity contribution >= 4 is 5.91 Å². The largest absolute Gasteiger partial charge is 0.454 e. The van der Waals surface area contributed by atoms with Crippen LogP contribution < -0.4 is 9.47 Å². The van der Waals surface area contributed by atoms with Gasteiger partial charge in [0.1, 0.15) is 0 Å². The molecule has 0 spiro atoms. The normalized spacial score (nSPS) is 13.1. The van der Waals surface area contributed by atoms with Crippen molar-refractivity contribution in [1.29, 1.82) is 0 Å². The first-order chi connectivity index (χ1) is 14.2. The smallest absolute Gasteiger partial charge is 0.231 e. The molecule has 1 aliphatic rings. The fourth-order valence-corrected chi connectivity index (χ4v) is 3.63. The Balaban J connectivity index is 1.59. The molecule has 2 aromatic carbocycles. The first-order valence-corrected chi connectivity index (χ1v) is 9.85. The minimum Gasteiger partial charge on any atom is -0.454 e. The summed E-state index contributed by atoms with van der Waals surface area (Å²) < 4.78 is 11.0. The van der Waals surface area contributed by atoms with Gasteiger partial charge in [0.2, 0.25) is 12.7 Å². The van der Waals surface area contributed by atoms with Gasteiger partial charge in [-0.1, -0.05) is 36.4 Å². The van der Waals surface area contributed by atoms with Crippen LogP contribution >= 0.6 is 0 Å². The summed E-state index contributed by atoms with van der Waals surface area (Å²) >= 11 is 0. The van der Waals surface area contributed by atoms with E-state index in [9.17, 15) is 4.79 Å². The van der Waals surface area contributed by atoms with Crippen LogP contribution in [-0.2, 0) is 11.3 Å². The van der Waals surface area contributed by atoms with Crippen molar-refractivity contribution in [3.63, 3.8) is 0 Å². The number of ether oxygens (including phenoxy) is 2. The number of fused-ring (bicyclic) bond motifs is 1. The second-order valence-electron chi connectivity index (χ2n) is 7.04. The van der Waals surface area contributed by atoms with Gasteiger partial charge in [-0.15, -0.1) is 0 Å². The standard InChI is InChI=1S/C24H24N2O3/c1-2-26(16-18-10-12-25-13-11-18)24(27)15-21(19-6-4-3-5-7-19)20-8-9-22-23(14-20)29-17-28-22/h3-14,21H,2,15-17H2,1H3/t21-/m0/s1. The van der Waals surface area contributed by atoms with E-state index in [1.165, 1.54) is 0 Å². The first kappa shape index (κ1) is 19.0. The second kappa shape index (κ2) is 8.78. The van der Waals surface area contributed by atoms with Gasteiger partial charge in [-0.3, -0.25) is 9.78 Å². The molecular formula is C24H24N2O3. The van der Waals surface area contributed by atoms with E-state index in [2.05, 4.69) is 17.1 Å². The molecule has 2 heterocycles. The van der Waals surface area contributed by atoms with Gasteiger partial charge >= 0.3 is 0 Å². The monoisotopic (exact) mass is 388 g/mol. The number of aromatic nitrogens is 1. The Hall–Kier alpha value is -3.34. The summed E-state index contributed by atoms with van der Waals surface area (Å²) in [5, 5.41) is 0. The maximum atomic E-state index is 13.2. The van der Waals surface area contributed by atoms with E-state index in [1.54, 1.807) is 12.4 Å². The Morgan fingerprint density at radius 3 is 2.52 bits per heavy atom. The van der Waals surface area contributed by atoms with Crippen molar-refractivity contribution in [3.05, 3.63) is 89.7 Å². The predicted octanol–water partition coefficient (Wildman–Crippen LogP) is 4.38. The minimum atomic E-state index is -0.0512. The summed E-state index contributed by atoms with van der Waals surface area (Å²) in [5.74, 6) is 1.56. The van der Waals surface area contributed by atoms with E-state index < -0.39 is 0 Å². The molecule has 0 aliphatic carbocycles. The van der Waals surface area contributed by atoms with Crippen LogP contribution in [0.2, 0.25) is 0 Å². The summed E-state index contributed by atoms with van der Waals surface area (Å²) in [6, 6.07) is 20.0. The molecule has 4 rings (SSSR count). The minimum absolute atomic E-state index is 0.0512. The average molecular weight is 388 g/mol. The van der Waals surface area contributed by atoms with Crippen LogP contribution in [0.25, 0.3) is 0 Å². The van der Waals surface area contributed by atoms with E-state index in [-0.39, 0.29) is 18.6 Å². The highest BCUT2D eigenvalue weighted by Gasteiger charge is 2.24. The molecule has 1 amide bonds. The number of rotatable bonds is 7. The molecule has 0 N–H and O–H groups in total. The number of pyridine rings is 1. The molecule has 3 aromatic rings. The average Bonchev–Trinajstić information content (AvgIpc) is 3.25. The lowest BCUT2D eigenvalue weighted by Crippen LogP contribution is -2.31. The Morgan fingerprint density at radius 2 is 1.76 bits per heavy atom. The predicted molar refractivity (Wildman–Crippen MR) is 111 cm³/mol. The maximum Gasteiger partial charge on any atom is 0.231 e. The quantitative estimate of drug-likeness (QED) is 0.603. The van der Waals surface area contributed by atoms with Crippen LogP contribution in [0.1, 0.15) is 36.0 Å². The third kappa shape index (κ3) is 4.40. The zero-order chi connectivity index (χ0) is 20.1. The lowest BCUT2D eigenvalue weighted by molar-refractivity contribution is -0.131. The van der Waals surface area contributed by atoms with Crippen molar-refractivity contribution in [2.24, 2.45) is 0 Å².